The van der Waals surface area contributed by atoms with E-state index in [1.54, 1.807) is 27.7 Å². The van der Waals surface area contributed by atoms with Crippen LogP contribution in [0.4, 0.5) is 4.79 Å². The number of carboxylic acids is 1. The second kappa shape index (κ2) is 9.85. The van der Waals surface area contributed by atoms with Gasteiger partial charge in [0.15, 0.2) is 6.04 Å². The van der Waals surface area contributed by atoms with Crippen LogP contribution in [-0.2, 0) is 19.1 Å². The zero-order chi connectivity index (χ0) is 25.1. The molecule has 0 heterocycles. The maximum atomic E-state index is 12.9. The van der Waals surface area contributed by atoms with Gasteiger partial charge in [0.1, 0.15) is 6.61 Å². The van der Waals surface area contributed by atoms with Gasteiger partial charge in [0.2, 0.25) is 5.91 Å². The molecule has 0 saturated carbocycles. The van der Waals surface area contributed by atoms with Crippen molar-refractivity contribution in [1.29, 1.82) is 0 Å². The van der Waals surface area contributed by atoms with Gasteiger partial charge in [-0.05, 0) is 49.9 Å². The van der Waals surface area contributed by atoms with Gasteiger partial charge in [-0.3, -0.25) is 4.79 Å². The zero-order valence-corrected chi connectivity index (χ0v) is 20.2. The van der Waals surface area contributed by atoms with E-state index in [1.165, 1.54) is 7.11 Å². The van der Waals surface area contributed by atoms with Crippen LogP contribution in [-0.4, -0.2) is 55.0 Å². The number of aliphatic carboxylic acids is 1. The maximum absolute atomic E-state index is 12.9. The zero-order valence-electron chi connectivity index (χ0n) is 20.2. The summed E-state index contributed by atoms with van der Waals surface area (Å²) in [5.74, 6) is -1.81. The molecule has 1 atom stereocenters. The largest absolute Gasteiger partial charge is 0.480 e. The van der Waals surface area contributed by atoms with E-state index < -0.39 is 35.0 Å². The van der Waals surface area contributed by atoms with Crippen LogP contribution in [0.1, 0.15) is 44.7 Å². The number of carbonyl (C=O) groups excluding carboxylic acids is 2. The van der Waals surface area contributed by atoms with Crippen molar-refractivity contribution in [3.8, 4) is 11.1 Å². The van der Waals surface area contributed by atoms with E-state index in [9.17, 15) is 19.5 Å². The number of nitrogens with one attached hydrogen (secondary N) is 2. The minimum atomic E-state index is -1.20. The van der Waals surface area contributed by atoms with Crippen LogP contribution in [0.3, 0.4) is 0 Å². The Labute approximate surface area is 199 Å². The molecule has 0 aliphatic heterocycles. The van der Waals surface area contributed by atoms with E-state index in [4.69, 9.17) is 9.47 Å². The third-order valence-electron chi connectivity index (χ3n) is 6.83. The molecule has 8 heteroatoms. The van der Waals surface area contributed by atoms with Crippen molar-refractivity contribution >= 4 is 18.0 Å². The molecule has 0 aromatic heterocycles. The Morgan fingerprint density at radius 1 is 0.971 bits per heavy atom. The van der Waals surface area contributed by atoms with E-state index >= 15 is 0 Å². The molecule has 1 aliphatic rings. The van der Waals surface area contributed by atoms with E-state index in [1.807, 2.05) is 36.4 Å². The van der Waals surface area contributed by atoms with Crippen molar-refractivity contribution in [1.82, 2.24) is 10.6 Å². The van der Waals surface area contributed by atoms with Crippen molar-refractivity contribution in [2.45, 2.75) is 45.2 Å². The van der Waals surface area contributed by atoms with E-state index in [0.29, 0.717) is 0 Å². The Hall–Kier alpha value is -3.39. The summed E-state index contributed by atoms with van der Waals surface area (Å²) in [6.45, 7) is 6.64. The average Bonchev–Trinajstić information content (AvgIpc) is 3.10. The van der Waals surface area contributed by atoms with Crippen LogP contribution >= 0.6 is 0 Å². The summed E-state index contributed by atoms with van der Waals surface area (Å²) in [5, 5.41) is 14.6. The number of amides is 2. The third-order valence-corrected chi connectivity index (χ3v) is 6.83. The fourth-order valence-electron chi connectivity index (χ4n) is 4.01. The maximum Gasteiger partial charge on any atom is 0.407 e. The monoisotopic (exact) mass is 468 g/mol. The van der Waals surface area contributed by atoms with Crippen LogP contribution in [0.5, 0.6) is 0 Å². The SMILES string of the molecule is COC[C@H](NC(=O)C(C)(C)C(C)(C)NC(=O)OCC1c2ccccc2-c2ccccc21)C(=O)O. The van der Waals surface area contributed by atoms with Crippen molar-refractivity contribution < 1.29 is 29.0 Å². The van der Waals surface area contributed by atoms with Crippen LogP contribution in [0.2, 0.25) is 0 Å². The normalized spacial score (nSPS) is 14.0. The van der Waals surface area contributed by atoms with Gasteiger partial charge < -0.3 is 25.2 Å². The van der Waals surface area contributed by atoms with Gasteiger partial charge in [0.25, 0.3) is 0 Å². The fraction of sp³-hybridized carbons (Fsp3) is 0.423. The molecule has 0 fully saturated rings. The quantitative estimate of drug-likeness (QED) is 0.519. The highest BCUT2D eigenvalue weighted by Crippen LogP contribution is 2.44. The first kappa shape index (κ1) is 25.2. The Morgan fingerprint density at radius 3 is 2.00 bits per heavy atom. The summed E-state index contributed by atoms with van der Waals surface area (Å²) in [4.78, 5) is 37.0. The molecule has 182 valence electrons. The lowest BCUT2D eigenvalue weighted by molar-refractivity contribution is -0.146. The molecular formula is C26H32N2O6. The second-order valence-corrected chi connectivity index (χ2v) is 9.52. The molecule has 0 spiro atoms. The minimum absolute atomic E-state index is 0.0806. The number of alkyl carbamates (subject to hydrolysis) is 1. The van der Waals surface area contributed by atoms with Gasteiger partial charge in [-0.2, -0.15) is 0 Å². The standard InChI is InChI=1S/C26H32N2O6/c1-25(2,23(31)27-21(15-33-5)22(29)30)26(3,4)28-24(32)34-14-20-18-12-8-6-10-16(18)17-11-7-9-13-19(17)20/h6-13,20-21H,14-15H2,1-5H3,(H,27,31)(H,28,32)(H,29,30)/t21-/m0/s1. The Morgan fingerprint density at radius 2 is 1.50 bits per heavy atom. The lowest BCUT2D eigenvalue weighted by Gasteiger charge is -2.40. The van der Waals surface area contributed by atoms with Crippen molar-refractivity contribution in [2.75, 3.05) is 20.3 Å². The summed E-state index contributed by atoms with van der Waals surface area (Å²) >= 11 is 0. The minimum Gasteiger partial charge on any atom is -0.480 e. The molecule has 2 amide bonds. The molecule has 0 bridgehead atoms. The molecule has 2 aromatic rings. The molecule has 3 N–H and O–H groups in total. The van der Waals surface area contributed by atoms with Crippen molar-refractivity contribution in [3.05, 3.63) is 59.7 Å². The highest BCUT2D eigenvalue weighted by molar-refractivity contribution is 5.88. The molecule has 34 heavy (non-hydrogen) atoms. The van der Waals surface area contributed by atoms with Gasteiger partial charge in [-0.1, -0.05) is 48.5 Å². The number of methoxy groups -OCH3 is 1. The first-order valence-corrected chi connectivity index (χ1v) is 11.2. The van der Waals surface area contributed by atoms with E-state index in [2.05, 4.69) is 22.8 Å². The summed E-state index contributed by atoms with van der Waals surface area (Å²) in [6.07, 6.45) is -0.653. The molecule has 0 saturated heterocycles. The van der Waals surface area contributed by atoms with Crippen LogP contribution in [0, 0.1) is 5.41 Å². The molecule has 2 aromatic carbocycles. The number of hydrogen-bond acceptors (Lipinski definition) is 5. The third kappa shape index (κ3) is 4.92. The number of fused-ring (bicyclic) bond motifs is 3. The first-order chi connectivity index (χ1) is 16.0. The number of carboxylic acid groups (broad SMARTS) is 1. The smallest absolute Gasteiger partial charge is 0.407 e. The van der Waals surface area contributed by atoms with Crippen molar-refractivity contribution in [2.24, 2.45) is 5.41 Å². The molecular weight excluding hydrogens is 436 g/mol. The van der Waals surface area contributed by atoms with Crippen LogP contribution in [0.25, 0.3) is 11.1 Å². The first-order valence-electron chi connectivity index (χ1n) is 11.2. The fourth-order valence-corrected chi connectivity index (χ4v) is 4.01. The summed E-state index contributed by atoms with van der Waals surface area (Å²) in [5.41, 5.74) is 2.28. The molecule has 0 radical (unpaired) electrons. The highest BCUT2D eigenvalue weighted by Gasteiger charge is 2.45. The van der Waals surface area contributed by atoms with E-state index in [-0.39, 0.29) is 19.1 Å². The predicted octanol–water partition coefficient (Wildman–Crippen LogP) is 3.55. The molecule has 3 rings (SSSR count). The second-order valence-electron chi connectivity index (χ2n) is 9.52. The van der Waals surface area contributed by atoms with E-state index in [0.717, 1.165) is 22.3 Å². The average molecular weight is 469 g/mol. The van der Waals surface area contributed by atoms with Gasteiger partial charge >= 0.3 is 12.1 Å². The number of benzene rings is 2. The van der Waals surface area contributed by atoms with Crippen molar-refractivity contribution in [3.63, 3.8) is 0 Å². The lowest BCUT2D eigenvalue weighted by Crippen LogP contribution is -2.61. The number of ether oxygens (including phenoxy) is 2. The van der Waals surface area contributed by atoms with Crippen LogP contribution < -0.4 is 10.6 Å². The number of rotatable bonds is 9. The van der Waals surface area contributed by atoms with Gasteiger partial charge in [-0.25, -0.2) is 9.59 Å². The van der Waals surface area contributed by atoms with Gasteiger partial charge in [0.05, 0.1) is 17.6 Å². The van der Waals surface area contributed by atoms with Gasteiger partial charge in [-0.15, -0.1) is 0 Å². The number of carbonyl (C=O) groups is 3. The Kier molecular flexibility index (Phi) is 7.31. The molecule has 0 unspecified atom stereocenters. The molecule has 1 aliphatic carbocycles. The molecule has 8 nitrogen and oxygen atoms in total. The lowest BCUT2D eigenvalue weighted by atomic mass is 9.73. The Balaban J connectivity index is 1.67. The summed E-state index contributed by atoms with van der Waals surface area (Å²) in [6, 6.07) is 14.9. The highest BCUT2D eigenvalue weighted by atomic mass is 16.5. The summed E-state index contributed by atoms with van der Waals surface area (Å²) in [7, 11) is 1.36. The Bertz CT molecular complexity index is 1030. The van der Waals surface area contributed by atoms with Crippen LogP contribution in [0.15, 0.2) is 48.5 Å². The number of hydrogen-bond donors (Lipinski definition) is 3. The van der Waals surface area contributed by atoms with Gasteiger partial charge in [0, 0.05) is 13.0 Å². The predicted molar refractivity (Wildman–Crippen MR) is 128 cm³/mol. The summed E-state index contributed by atoms with van der Waals surface area (Å²) < 4.78 is 10.5. The topological polar surface area (TPSA) is 114 Å².